The quantitative estimate of drug-likeness (QED) is 0.918. The number of anilines is 1. The molecule has 19 heavy (non-hydrogen) atoms. The second-order valence-corrected chi connectivity index (χ2v) is 5.73. The van der Waals surface area contributed by atoms with Gasteiger partial charge in [-0.25, -0.2) is 4.98 Å². The van der Waals surface area contributed by atoms with Gasteiger partial charge in [-0.1, -0.05) is 12.1 Å². The second-order valence-electron chi connectivity index (χ2n) is 3.95. The number of hydrogen-bond donors (Lipinski definition) is 1. The largest absolute Gasteiger partial charge is 0.307 e. The molecular weight excluding hydrogens is 324 g/mol. The van der Waals surface area contributed by atoms with Crippen molar-refractivity contribution >= 4 is 39.4 Å². The molecule has 2 aromatic rings. The summed E-state index contributed by atoms with van der Waals surface area (Å²) in [6, 6.07) is 11.2. The summed E-state index contributed by atoms with van der Waals surface area (Å²) in [4.78, 5) is 16.1. The Morgan fingerprint density at radius 1 is 1.26 bits per heavy atom. The van der Waals surface area contributed by atoms with Crippen molar-refractivity contribution < 1.29 is 4.79 Å². The zero-order chi connectivity index (χ0) is 13.7. The van der Waals surface area contributed by atoms with E-state index in [-0.39, 0.29) is 5.91 Å². The van der Waals surface area contributed by atoms with Gasteiger partial charge in [0.25, 0.3) is 5.91 Å². The lowest BCUT2D eigenvalue weighted by atomic mass is 10.1. The van der Waals surface area contributed by atoms with E-state index >= 15 is 0 Å². The molecule has 1 N–H and O–H groups in total. The van der Waals surface area contributed by atoms with Gasteiger partial charge in [0.05, 0.1) is 0 Å². The van der Waals surface area contributed by atoms with Crippen molar-refractivity contribution in [3.05, 3.63) is 58.2 Å². The van der Waals surface area contributed by atoms with Crippen LogP contribution < -0.4 is 5.32 Å². The molecule has 3 nitrogen and oxygen atoms in total. The Labute approximate surface area is 125 Å². The van der Waals surface area contributed by atoms with Gasteiger partial charge in [0.2, 0.25) is 0 Å². The molecule has 5 heteroatoms. The Hall–Kier alpha value is -1.33. The number of halogens is 1. The summed E-state index contributed by atoms with van der Waals surface area (Å²) in [5, 5.41) is 2.76. The standard InChI is InChI=1S/C14H13BrN2OS/c1-19-9-10-2-4-11(5-3-10)14(18)17-13-7-6-12(15)8-16-13/h2-8H,9H2,1H3,(H,16,17,18). The van der Waals surface area contributed by atoms with Gasteiger partial charge >= 0.3 is 0 Å². The van der Waals surface area contributed by atoms with Gasteiger partial charge in [-0.3, -0.25) is 4.79 Å². The van der Waals surface area contributed by atoms with Crippen LogP contribution in [0.3, 0.4) is 0 Å². The molecule has 1 aromatic heterocycles. The van der Waals surface area contributed by atoms with Crippen molar-refractivity contribution in [3.8, 4) is 0 Å². The number of pyridine rings is 1. The number of benzene rings is 1. The molecule has 0 saturated heterocycles. The summed E-state index contributed by atoms with van der Waals surface area (Å²) in [6.07, 6.45) is 3.71. The Morgan fingerprint density at radius 2 is 2.00 bits per heavy atom. The number of nitrogens with zero attached hydrogens (tertiary/aromatic N) is 1. The number of carbonyl (C=O) groups excluding carboxylic acids is 1. The maximum absolute atomic E-state index is 12.0. The molecule has 0 aliphatic rings. The van der Waals surface area contributed by atoms with Gasteiger partial charge in [-0.2, -0.15) is 11.8 Å². The summed E-state index contributed by atoms with van der Waals surface area (Å²) in [5.41, 5.74) is 1.85. The molecule has 0 radical (unpaired) electrons. The Kier molecular flexibility index (Phi) is 4.99. The monoisotopic (exact) mass is 336 g/mol. The maximum Gasteiger partial charge on any atom is 0.256 e. The molecule has 0 bridgehead atoms. The van der Waals surface area contributed by atoms with Gasteiger partial charge in [-0.05, 0) is 52.0 Å². The van der Waals surface area contributed by atoms with E-state index in [0.717, 1.165) is 10.2 Å². The van der Waals surface area contributed by atoms with Gasteiger partial charge in [0.15, 0.2) is 0 Å². The van der Waals surface area contributed by atoms with E-state index in [1.807, 2.05) is 30.3 Å². The summed E-state index contributed by atoms with van der Waals surface area (Å²) >= 11 is 5.06. The molecule has 0 aliphatic carbocycles. The normalized spacial score (nSPS) is 10.2. The molecule has 0 aliphatic heterocycles. The molecule has 0 fully saturated rings. The molecule has 1 aromatic carbocycles. The van der Waals surface area contributed by atoms with E-state index in [4.69, 9.17) is 0 Å². The minimum absolute atomic E-state index is 0.148. The number of hydrogen-bond acceptors (Lipinski definition) is 3. The molecule has 0 unspecified atom stereocenters. The van der Waals surface area contributed by atoms with Gasteiger partial charge in [0, 0.05) is 22.0 Å². The van der Waals surface area contributed by atoms with Crippen LogP contribution in [0.2, 0.25) is 0 Å². The first kappa shape index (κ1) is 14.1. The zero-order valence-electron chi connectivity index (χ0n) is 10.4. The third kappa shape index (κ3) is 4.08. The average Bonchev–Trinajstić information content (AvgIpc) is 2.42. The van der Waals surface area contributed by atoms with Crippen molar-refractivity contribution in [1.29, 1.82) is 0 Å². The molecule has 1 amide bonds. The fourth-order valence-corrected chi connectivity index (χ4v) is 2.32. The summed E-state index contributed by atoms with van der Waals surface area (Å²) in [5.74, 6) is 1.35. The molecule has 0 spiro atoms. The highest BCUT2D eigenvalue weighted by Crippen LogP contribution is 2.13. The summed E-state index contributed by atoms with van der Waals surface area (Å²) < 4.78 is 0.881. The highest BCUT2D eigenvalue weighted by atomic mass is 79.9. The fourth-order valence-electron chi connectivity index (χ4n) is 1.56. The summed E-state index contributed by atoms with van der Waals surface area (Å²) in [6.45, 7) is 0. The van der Waals surface area contributed by atoms with Gasteiger partial charge in [-0.15, -0.1) is 0 Å². The molecule has 0 atom stereocenters. The minimum atomic E-state index is -0.148. The van der Waals surface area contributed by atoms with Crippen LogP contribution in [0.1, 0.15) is 15.9 Å². The van der Waals surface area contributed by atoms with E-state index in [0.29, 0.717) is 11.4 Å². The fraction of sp³-hybridized carbons (Fsp3) is 0.143. The molecule has 0 saturated carbocycles. The van der Waals surface area contributed by atoms with Crippen LogP contribution in [0.15, 0.2) is 47.1 Å². The van der Waals surface area contributed by atoms with Crippen molar-refractivity contribution in [1.82, 2.24) is 4.98 Å². The van der Waals surface area contributed by atoms with Crippen molar-refractivity contribution in [3.63, 3.8) is 0 Å². The lowest BCUT2D eigenvalue weighted by Gasteiger charge is -2.05. The van der Waals surface area contributed by atoms with E-state index < -0.39 is 0 Å². The van der Waals surface area contributed by atoms with Crippen LogP contribution >= 0.6 is 27.7 Å². The van der Waals surface area contributed by atoms with Gasteiger partial charge < -0.3 is 5.32 Å². The first-order valence-electron chi connectivity index (χ1n) is 5.70. The van der Waals surface area contributed by atoms with E-state index in [1.54, 1.807) is 24.0 Å². The Morgan fingerprint density at radius 3 is 2.58 bits per heavy atom. The number of rotatable bonds is 4. The zero-order valence-corrected chi connectivity index (χ0v) is 12.8. The van der Waals surface area contributed by atoms with Crippen LogP contribution in [0.25, 0.3) is 0 Å². The van der Waals surface area contributed by atoms with E-state index in [2.05, 4.69) is 32.5 Å². The van der Waals surface area contributed by atoms with Crippen LogP contribution in [-0.2, 0) is 5.75 Å². The number of carbonyl (C=O) groups is 1. The third-order valence-electron chi connectivity index (χ3n) is 2.50. The number of amides is 1. The van der Waals surface area contributed by atoms with E-state index in [9.17, 15) is 4.79 Å². The number of aromatic nitrogens is 1. The lowest BCUT2D eigenvalue weighted by molar-refractivity contribution is 0.102. The molecular formula is C14H13BrN2OS. The smallest absolute Gasteiger partial charge is 0.256 e. The first-order chi connectivity index (χ1) is 9.19. The third-order valence-corrected chi connectivity index (χ3v) is 3.59. The SMILES string of the molecule is CSCc1ccc(C(=O)Nc2ccc(Br)cn2)cc1. The predicted octanol–water partition coefficient (Wildman–Crippen LogP) is 3.96. The first-order valence-corrected chi connectivity index (χ1v) is 7.88. The lowest BCUT2D eigenvalue weighted by Crippen LogP contribution is -2.12. The van der Waals surface area contributed by atoms with E-state index in [1.165, 1.54) is 5.56 Å². The number of nitrogens with one attached hydrogen (secondary N) is 1. The average molecular weight is 337 g/mol. The predicted molar refractivity (Wildman–Crippen MR) is 83.6 cm³/mol. The molecule has 2 rings (SSSR count). The number of thioether (sulfide) groups is 1. The second kappa shape index (κ2) is 6.73. The van der Waals surface area contributed by atoms with Gasteiger partial charge in [0.1, 0.15) is 5.82 Å². The molecule has 98 valence electrons. The van der Waals surface area contributed by atoms with Crippen LogP contribution in [-0.4, -0.2) is 17.1 Å². The van der Waals surface area contributed by atoms with Crippen LogP contribution in [0.5, 0.6) is 0 Å². The van der Waals surface area contributed by atoms with Crippen molar-refractivity contribution in [2.75, 3.05) is 11.6 Å². The maximum atomic E-state index is 12.0. The minimum Gasteiger partial charge on any atom is -0.307 e. The van der Waals surface area contributed by atoms with Crippen molar-refractivity contribution in [2.24, 2.45) is 0 Å². The van der Waals surface area contributed by atoms with Crippen LogP contribution in [0.4, 0.5) is 5.82 Å². The Bertz CT molecular complexity index is 555. The highest BCUT2D eigenvalue weighted by Gasteiger charge is 2.06. The topological polar surface area (TPSA) is 42.0 Å². The summed E-state index contributed by atoms with van der Waals surface area (Å²) in [7, 11) is 0. The Balaban J connectivity index is 2.05. The molecule has 1 heterocycles. The highest BCUT2D eigenvalue weighted by molar-refractivity contribution is 9.10. The van der Waals surface area contributed by atoms with Crippen LogP contribution in [0, 0.1) is 0 Å². The van der Waals surface area contributed by atoms with Crippen molar-refractivity contribution in [2.45, 2.75) is 5.75 Å².